The molecule has 1 heterocycles. The molecule has 0 radical (unpaired) electrons. The number of hydrogen-bond acceptors (Lipinski definition) is 2. The zero-order chi connectivity index (χ0) is 13.8. The van der Waals surface area contributed by atoms with Crippen LogP contribution in [0, 0.1) is 6.92 Å². The molecule has 1 amide bonds. The van der Waals surface area contributed by atoms with Gasteiger partial charge in [-0.25, -0.2) is 0 Å². The van der Waals surface area contributed by atoms with Gasteiger partial charge in [-0.3, -0.25) is 4.79 Å². The first kappa shape index (κ1) is 14.1. The molecule has 0 aromatic heterocycles. The van der Waals surface area contributed by atoms with E-state index < -0.39 is 0 Å². The van der Waals surface area contributed by atoms with E-state index in [1.807, 2.05) is 4.90 Å². The molecule has 1 N–H and O–H groups in total. The van der Waals surface area contributed by atoms with Gasteiger partial charge in [0.1, 0.15) is 0 Å². The Balaban J connectivity index is 1.87. The molecule has 19 heavy (non-hydrogen) atoms. The van der Waals surface area contributed by atoms with E-state index in [1.165, 1.54) is 11.1 Å². The second-order valence-corrected chi connectivity index (χ2v) is 5.76. The van der Waals surface area contributed by atoms with Gasteiger partial charge in [0.15, 0.2) is 0 Å². The van der Waals surface area contributed by atoms with Crippen LogP contribution in [0.5, 0.6) is 0 Å². The van der Waals surface area contributed by atoms with E-state index in [1.54, 1.807) is 0 Å². The highest BCUT2D eigenvalue weighted by atomic mass is 16.2. The van der Waals surface area contributed by atoms with Crippen molar-refractivity contribution in [2.24, 2.45) is 0 Å². The highest BCUT2D eigenvalue weighted by Crippen LogP contribution is 2.10. The zero-order valence-electron chi connectivity index (χ0n) is 12.1. The van der Waals surface area contributed by atoms with Crippen LogP contribution in [0.4, 0.5) is 0 Å². The SMILES string of the molecule is Cc1cccc(CCC(=O)N2C[C@@H](C)N[C@@H](C)C2)c1. The Morgan fingerprint density at radius 1 is 1.32 bits per heavy atom. The third kappa shape index (κ3) is 4.06. The Morgan fingerprint density at radius 2 is 2.00 bits per heavy atom. The molecule has 104 valence electrons. The van der Waals surface area contributed by atoms with E-state index in [2.05, 4.69) is 50.4 Å². The largest absolute Gasteiger partial charge is 0.340 e. The summed E-state index contributed by atoms with van der Waals surface area (Å²) in [6.07, 6.45) is 1.45. The Hall–Kier alpha value is -1.35. The fraction of sp³-hybridized carbons (Fsp3) is 0.562. The third-order valence-electron chi connectivity index (χ3n) is 3.62. The van der Waals surface area contributed by atoms with Gasteiger partial charge in [0.25, 0.3) is 0 Å². The molecule has 0 unspecified atom stereocenters. The van der Waals surface area contributed by atoms with Crippen molar-refractivity contribution in [3.05, 3.63) is 35.4 Å². The van der Waals surface area contributed by atoms with Crippen molar-refractivity contribution in [2.75, 3.05) is 13.1 Å². The number of amides is 1. The molecule has 1 aliphatic heterocycles. The average Bonchev–Trinajstić information content (AvgIpc) is 2.35. The predicted molar refractivity (Wildman–Crippen MR) is 78.1 cm³/mol. The smallest absolute Gasteiger partial charge is 0.223 e. The zero-order valence-corrected chi connectivity index (χ0v) is 12.1. The molecule has 1 aliphatic rings. The minimum atomic E-state index is 0.279. The van der Waals surface area contributed by atoms with Gasteiger partial charge in [-0.05, 0) is 32.8 Å². The van der Waals surface area contributed by atoms with Crippen molar-refractivity contribution in [1.29, 1.82) is 0 Å². The lowest BCUT2D eigenvalue weighted by Crippen LogP contribution is -2.55. The van der Waals surface area contributed by atoms with Gasteiger partial charge >= 0.3 is 0 Å². The number of nitrogens with one attached hydrogen (secondary N) is 1. The Bertz CT molecular complexity index is 434. The van der Waals surface area contributed by atoms with Crippen molar-refractivity contribution >= 4 is 5.91 Å². The summed E-state index contributed by atoms with van der Waals surface area (Å²) in [6, 6.07) is 9.20. The van der Waals surface area contributed by atoms with Gasteiger partial charge in [-0.1, -0.05) is 29.8 Å². The van der Waals surface area contributed by atoms with Gasteiger partial charge in [-0.2, -0.15) is 0 Å². The van der Waals surface area contributed by atoms with Gasteiger partial charge < -0.3 is 10.2 Å². The number of carbonyl (C=O) groups is 1. The van der Waals surface area contributed by atoms with Crippen molar-refractivity contribution in [3.8, 4) is 0 Å². The molecular formula is C16H24N2O. The van der Waals surface area contributed by atoms with Crippen molar-refractivity contribution in [3.63, 3.8) is 0 Å². The Labute approximate surface area is 116 Å². The summed E-state index contributed by atoms with van der Waals surface area (Å²) >= 11 is 0. The van der Waals surface area contributed by atoms with Gasteiger partial charge in [0.2, 0.25) is 5.91 Å². The van der Waals surface area contributed by atoms with E-state index in [4.69, 9.17) is 0 Å². The lowest BCUT2D eigenvalue weighted by Gasteiger charge is -2.36. The number of hydrogen-bond donors (Lipinski definition) is 1. The lowest BCUT2D eigenvalue weighted by atomic mass is 10.1. The third-order valence-corrected chi connectivity index (χ3v) is 3.62. The van der Waals surface area contributed by atoms with E-state index in [-0.39, 0.29) is 5.91 Å². The predicted octanol–water partition coefficient (Wildman–Crippen LogP) is 2.14. The highest BCUT2D eigenvalue weighted by molar-refractivity contribution is 5.76. The van der Waals surface area contributed by atoms with Crippen molar-refractivity contribution in [1.82, 2.24) is 10.2 Å². The van der Waals surface area contributed by atoms with Crippen LogP contribution < -0.4 is 5.32 Å². The number of piperazine rings is 1. The molecular weight excluding hydrogens is 236 g/mol. The monoisotopic (exact) mass is 260 g/mol. The molecule has 1 saturated heterocycles. The van der Waals surface area contributed by atoms with Crippen LogP contribution >= 0.6 is 0 Å². The van der Waals surface area contributed by atoms with Gasteiger partial charge in [-0.15, -0.1) is 0 Å². The number of aryl methyl sites for hydroxylation is 2. The maximum atomic E-state index is 12.2. The van der Waals surface area contributed by atoms with Crippen LogP contribution in [0.3, 0.4) is 0 Å². The van der Waals surface area contributed by atoms with Crippen molar-refractivity contribution < 1.29 is 4.79 Å². The molecule has 3 nitrogen and oxygen atoms in total. The first-order valence-electron chi connectivity index (χ1n) is 7.14. The first-order chi connectivity index (χ1) is 9.04. The summed E-state index contributed by atoms with van der Waals surface area (Å²) in [5, 5.41) is 3.45. The van der Waals surface area contributed by atoms with E-state index in [9.17, 15) is 4.79 Å². The molecule has 1 aromatic carbocycles. The van der Waals surface area contributed by atoms with E-state index in [0.29, 0.717) is 18.5 Å². The van der Waals surface area contributed by atoms with Crippen LogP contribution in [0.1, 0.15) is 31.4 Å². The molecule has 0 bridgehead atoms. The molecule has 2 atom stereocenters. The molecule has 3 heteroatoms. The molecule has 1 aromatic rings. The number of benzene rings is 1. The fourth-order valence-electron chi connectivity index (χ4n) is 2.81. The minimum Gasteiger partial charge on any atom is -0.340 e. The van der Waals surface area contributed by atoms with Crippen LogP contribution in [-0.4, -0.2) is 36.0 Å². The summed E-state index contributed by atoms with van der Waals surface area (Å²) < 4.78 is 0. The Kier molecular flexibility index (Phi) is 4.59. The number of nitrogens with zero attached hydrogens (tertiary/aromatic N) is 1. The average molecular weight is 260 g/mol. The molecule has 0 saturated carbocycles. The van der Waals surface area contributed by atoms with Crippen LogP contribution in [0.25, 0.3) is 0 Å². The molecule has 0 spiro atoms. The normalized spacial score (nSPS) is 23.4. The summed E-state index contributed by atoms with van der Waals surface area (Å²) in [5.74, 6) is 0.279. The molecule has 0 aliphatic carbocycles. The fourth-order valence-corrected chi connectivity index (χ4v) is 2.81. The topological polar surface area (TPSA) is 32.3 Å². The van der Waals surface area contributed by atoms with Crippen LogP contribution in [-0.2, 0) is 11.2 Å². The molecule has 1 fully saturated rings. The summed E-state index contributed by atoms with van der Waals surface area (Å²) in [6.45, 7) is 8.02. The van der Waals surface area contributed by atoms with Gasteiger partial charge in [0.05, 0.1) is 0 Å². The highest BCUT2D eigenvalue weighted by Gasteiger charge is 2.24. The Morgan fingerprint density at radius 3 is 2.63 bits per heavy atom. The van der Waals surface area contributed by atoms with E-state index in [0.717, 1.165) is 19.5 Å². The summed E-state index contributed by atoms with van der Waals surface area (Å²) in [5.41, 5.74) is 2.51. The molecule has 2 rings (SSSR count). The maximum absolute atomic E-state index is 12.2. The lowest BCUT2D eigenvalue weighted by molar-refractivity contribution is -0.132. The first-order valence-corrected chi connectivity index (χ1v) is 7.14. The standard InChI is InChI=1S/C16H24N2O/c1-12-5-4-6-15(9-12)7-8-16(19)18-10-13(2)17-14(3)11-18/h4-6,9,13-14,17H,7-8,10-11H2,1-3H3/t13-,14+. The van der Waals surface area contributed by atoms with Crippen molar-refractivity contribution in [2.45, 2.75) is 45.7 Å². The second kappa shape index (κ2) is 6.20. The van der Waals surface area contributed by atoms with E-state index >= 15 is 0 Å². The number of carbonyl (C=O) groups excluding carboxylic acids is 1. The van der Waals surface area contributed by atoms with Gasteiger partial charge in [0, 0.05) is 31.6 Å². The second-order valence-electron chi connectivity index (χ2n) is 5.76. The van der Waals surface area contributed by atoms with Crippen LogP contribution in [0.15, 0.2) is 24.3 Å². The summed E-state index contributed by atoms with van der Waals surface area (Å²) in [7, 11) is 0. The van der Waals surface area contributed by atoms with Crippen LogP contribution in [0.2, 0.25) is 0 Å². The maximum Gasteiger partial charge on any atom is 0.223 e. The summed E-state index contributed by atoms with van der Waals surface area (Å²) in [4.78, 5) is 14.2. The quantitative estimate of drug-likeness (QED) is 0.903. The number of rotatable bonds is 3. The minimum absolute atomic E-state index is 0.279.